The van der Waals surface area contributed by atoms with Crippen LogP contribution in [0.1, 0.15) is 316 Å². The van der Waals surface area contributed by atoms with Crippen LogP contribution in [0, 0.1) is 39.9 Å². The van der Waals surface area contributed by atoms with Gasteiger partial charge in [0.2, 0.25) is 16.3 Å². The molecule has 0 saturated heterocycles. The number of fused-ring (bicyclic) bond motifs is 6. The van der Waals surface area contributed by atoms with E-state index in [0.29, 0.717) is 67.4 Å². The molecule has 6 aliphatic rings. The summed E-state index contributed by atoms with van der Waals surface area (Å²) in [5.41, 5.74) is 8.42. The SMILES string of the molecule is CC(C)(C)c1cc(C(C)(C)C)c(=O)c2nc3c([O-])c(C(C)(C)C)cc(C(C)(C)C)c3oc1-2.CC(C)(C)c1cc(C(C)(C)C)c(=O)c2nc3c([O-])c(C(C)(C)C)cc(C(C)(C)C)c3oc1-2.CC(C)(C)c1cc(C(C)(C)C)c(=O)c2nc3c([O-])c(C(C)(C)C)cc(C(C)(C)C)c3oc1-2.[Gd+3].c1ccncc1.c1ccncc1.c1ccncc1.c1ccncc1. The summed E-state index contributed by atoms with van der Waals surface area (Å²) in [6.45, 7) is 74.2. The van der Waals surface area contributed by atoms with Crippen molar-refractivity contribution in [3.63, 3.8) is 0 Å². The average molecular weight is 1780 g/mol. The first kappa shape index (κ1) is 101. The van der Waals surface area contributed by atoms with Crippen LogP contribution in [-0.4, -0.2) is 34.9 Å². The standard InChI is InChI=1S/3C28H39NO3.4C5H5N.Gd/c3*1-25(2,3)15-13-17(27(7,8)9)23-19(21(15)30)29-20-22(31)16(26(4,5)6)14-18(24(20)32-23)28(10,11)12;4*1-2-4-6-5-3-1;/h3*13-14,30H,1-12H3;4*1-5H;/q;;;;;;;+3/p-3. The van der Waals surface area contributed by atoms with Gasteiger partial charge < -0.3 is 28.6 Å². The topological polar surface area (TPSA) is 250 Å². The molecule has 7 heterocycles. The van der Waals surface area contributed by atoms with Crippen LogP contribution in [0.15, 0.2) is 186 Å². The van der Waals surface area contributed by atoms with Crippen LogP contribution < -0.4 is 31.6 Å². The summed E-state index contributed by atoms with van der Waals surface area (Å²) in [4.78, 5) is 70.0. The monoisotopic (exact) mass is 1780 g/mol. The van der Waals surface area contributed by atoms with E-state index < -0.39 is 0 Å². The molecule has 1 radical (unpaired) electrons. The Morgan fingerprint density at radius 2 is 0.364 bits per heavy atom. The van der Waals surface area contributed by atoms with Crippen LogP contribution >= 0.6 is 0 Å². The smallest absolute Gasteiger partial charge is 0.871 e. The van der Waals surface area contributed by atoms with Crippen molar-refractivity contribution in [1.82, 2.24) is 34.9 Å². The zero-order chi connectivity index (χ0) is 90.8. The molecule has 0 unspecified atom stereocenters. The van der Waals surface area contributed by atoms with Crippen LogP contribution in [-0.2, 0) is 65.0 Å². The molecule has 0 saturated carbocycles. The van der Waals surface area contributed by atoms with E-state index in [0.717, 1.165) is 33.4 Å². The fourth-order valence-corrected chi connectivity index (χ4v) is 13.6. The van der Waals surface area contributed by atoms with E-state index in [4.69, 9.17) is 28.2 Å². The molecule has 13 rings (SSSR count). The van der Waals surface area contributed by atoms with E-state index >= 15 is 0 Å². The van der Waals surface area contributed by atoms with Crippen molar-refractivity contribution < 1.29 is 68.5 Å². The maximum Gasteiger partial charge on any atom is 3.00 e. The van der Waals surface area contributed by atoms with E-state index in [1.54, 1.807) is 49.6 Å². The third-order valence-electron chi connectivity index (χ3n) is 20.5. The van der Waals surface area contributed by atoms with Gasteiger partial charge in [0.15, 0.2) is 51.1 Å². The van der Waals surface area contributed by atoms with Gasteiger partial charge in [-0.2, -0.15) is 0 Å². The van der Waals surface area contributed by atoms with Crippen molar-refractivity contribution in [3.8, 4) is 51.6 Å². The van der Waals surface area contributed by atoms with Gasteiger partial charge in [-0.3, -0.25) is 34.3 Å². The molecule has 0 amide bonds. The maximum absolute atomic E-state index is 13.5. The van der Waals surface area contributed by atoms with E-state index in [-0.39, 0.29) is 172 Å². The Bertz CT molecular complexity index is 5050. The third kappa shape index (κ3) is 24.6. The molecule has 121 heavy (non-hydrogen) atoms. The summed E-state index contributed by atoms with van der Waals surface area (Å²) in [5, 5.41) is 40.6. The molecule has 7 aromatic rings. The second-order valence-corrected chi connectivity index (χ2v) is 43.6. The minimum atomic E-state index is -0.355. The second kappa shape index (κ2) is 37.5. The van der Waals surface area contributed by atoms with Crippen LogP contribution in [0.5, 0.6) is 17.2 Å². The van der Waals surface area contributed by atoms with E-state index in [1.807, 2.05) is 234 Å². The minimum absolute atomic E-state index is 0. The van der Waals surface area contributed by atoms with E-state index in [1.165, 1.54) is 0 Å². The first-order chi connectivity index (χ1) is 54.7. The van der Waals surface area contributed by atoms with Crippen molar-refractivity contribution in [2.45, 2.75) is 314 Å². The molecule has 0 fully saturated rings. The van der Waals surface area contributed by atoms with Gasteiger partial charge in [0.25, 0.3) is 0 Å². The number of hydrogen-bond donors (Lipinski definition) is 0. The zero-order valence-electron chi connectivity index (χ0n) is 79.2. The minimum Gasteiger partial charge on any atom is -0.871 e. The largest absolute Gasteiger partial charge is 3.00 e. The Kier molecular flexibility index (Phi) is 31.2. The summed E-state index contributed by atoms with van der Waals surface area (Å²) in [6.07, 6.45) is 14.0. The Morgan fingerprint density at radius 3 is 0.488 bits per heavy atom. The van der Waals surface area contributed by atoms with Gasteiger partial charge in [-0.1, -0.05) is 309 Å². The van der Waals surface area contributed by atoms with Gasteiger partial charge in [-0.25, -0.2) is 15.0 Å². The molecular formula is C104H134GdN7O9. The summed E-state index contributed by atoms with van der Waals surface area (Å²) in [5.74, 6) is 0.960. The third-order valence-corrected chi connectivity index (χ3v) is 20.5. The Morgan fingerprint density at radius 1 is 0.215 bits per heavy atom. The van der Waals surface area contributed by atoms with Gasteiger partial charge in [-0.05, 0) is 148 Å². The summed E-state index contributed by atoms with van der Waals surface area (Å²) >= 11 is 0. The molecule has 17 heteroatoms. The Hall–Kier alpha value is -9.16. The van der Waals surface area contributed by atoms with E-state index in [9.17, 15) is 29.7 Å². The first-order valence-electron chi connectivity index (χ1n) is 41.7. The summed E-state index contributed by atoms with van der Waals surface area (Å²) < 4.78 is 19.5. The molecule has 16 nitrogen and oxygen atoms in total. The predicted molar refractivity (Wildman–Crippen MR) is 490 cm³/mol. The number of aromatic nitrogens is 7. The first-order valence-corrected chi connectivity index (χ1v) is 41.7. The fraction of sp³-hybridized carbons (Fsp3) is 0.462. The number of nitrogens with zero attached hydrogens (tertiary/aromatic N) is 7. The van der Waals surface area contributed by atoms with Crippen LogP contribution in [0.3, 0.4) is 0 Å². The number of benzene rings is 6. The van der Waals surface area contributed by atoms with Gasteiger partial charge in [0, 0.05) is 99.6 Å². The normalized spacial score (nSPS) is 12.6. The summed E-state index contributed by atoms with van der Waals surface area (Å²) in [7, 11) is 0. The molecule has 3 aromatic carbocycles. The number of rotatable bonds is 0. The van der Waals surface area contributed by atoms with Crippen LogP contribution in [0.25, 0.3) is 67.7 Å². The van der Waals surface area contributed by atoms with Gasteiger partial charge in [0.1, 0.15) is 0 Å². The van der Waals surface area contributed by atoms with Gasteiger partial charge >= 0.3 is 39.9 Å². The van der Waals surface area contributed by atoms with Gasteiger partial charge in [-0.15, -0.1) is 0 Å². The van der Waals surface area contributed by atoms with Crippen molar-refractivity contribution in [2.75, 3.05) is 0 Å². The van der Waals surface area contributed by atoms with Crippen LogP contribution in [0.4, 0.5) is 0 Å². The van der Waals surface area contributed by atoms with Crippen molar-refractivity contribution in [1.29, 1.82) is 0 Å². The van der Waals surface area contributed by atoms with Crippen LogP contribution in [0.2, 0.25) is 0 Å². The van der Waals surface area contributed by atoms with E-state index in [2.05, 4.69) is 145 Å². The summed E-state index contributed by atoms with van der Waals surface area (Å²) in [6, 6.07) is 34.7. The molecule has 3 aliphatic carbocycles. The average Bonchev–Trinajstić information content (AvgIpc) is 0.732. The fourth-order valence-electron chi connectivity index (χ4n) is 13.6. The van der Waals surface area contributed by atoms with Crippen molar-refractivity contribution in [2.24, 2.45) is 0 Å². The molecule has 3 aliphatic heterocycles. The van der Waals surface area contributed by atoms with Gasteiger partial charge in [0.05, 0.1) is 16.6 Å². The Labute approximate surface area is 752 Å². The molecule has 0 bridgehead atoms. The molecule has 0 N–H and O–H groups in total. The molecule has 0 atom stereocenters. The maximum atomic E-state index is 13.5. The predicted octanol–water partition coefficient (Wildman–Crippen LogP) is 24.0. The molecular weight excluding hydrogens is 1650 g/mol. The molecule has 647 valence electrons. The number of hydrogen-bond acceptors (Lipinski definition) is 16. The zero-order valence-corrected chi connectivity index (χ0v) is 81.4. The molecule has 4 aromatic heterocycles. The number of pyridine rings is 4. The second-order valence-electron chi connectivity index (χ2n) is 43.6. The molecule has 0 spiro atoms. The van der Waals surface area contributed by atoms with Crippen molar-refractivity contribution in [3.05, 3.63) is 256 Å². The van der Waals surface area contributed by atoms with Crippen molar-refractivity contribution >= 4 is 33.3 Å². The quantitative estimate of drug-likeness (QED) is 0.128. The Balaban J connectivity index is 0.000000244.